The predicted octanol–water partition coefficient (Wildman–Crippen LogP) is 4.85. The minimum absolute atomic E-state index is 0.274. The number of benzene rings is 1. The molecule has 1 saturated carbocycles. The molecule has 2 aromatic heterocycles. The van der Waals surface area contributed by atoms with Crippen LogP contribution in [0.25, 0.3) is 11.4 Å². The molecule has 1 unspecified atom stereocenters. The summed E-state index contributed by atoms with van der Waals surface area (Å²) in [6.45, 7) is 4.21. The lowest BCUT2D eigenvalue weighted by Gasteiger charge is -2.21. The van der Waals surface area contributed by atoms with Crippen molar-refractivity contribution in [3.63, 3.8) is 0 Å². The van der Waals surface area contributed by atoms with Crippen LogP contribution >= 0.6 is 27.7 Å². The van der Waals surface area contributed by atoms with E-state index in [-0.39, 0.29) is 5.69 Å². The molecule has 10 heteroatoms. The Morgan fingerprint density at radius 2 is 1.97 bits per heavy atom. The molecule has 0 spiro atoms. The van der Waals surface area contributed by atoms with Crippen molar-refractivity contribution in [3.05, 3.63) is 46.2 Å². The van der Waals surface area contributed by atoms with Gasteiger partial charge in [0.2, 0.25) is 0 Å². The number of alkyl halides is 2. The van der Waals surface area contributed by atoms with E-state index in [1.165, 1.54) is 23.2 Å². The number of rotatable bonds is 8. The first-order chi connectivity index (χ1) is 15.7. The first kappa shape index (κ1) is 23.0. The molecule has 6 nitrogen and oxygen atoms in total. The molecule has 33 heavy (non-hydrogen) atoms. The third-order valence-electron chi connectivity index (χ3n) is 6.81. The standard InChI is InChI=1S/C23H27BrF2N6S/c1-22(25,26)19-18(13-30(2)29-19)20-27-28-21(31(20)3)33-10-4-9-32-12-16-11-23(16,14-32)15-5-7-17(24)8-6-15/h5-8,13,16H,4,9-12,14H2,1-3H3/t16-,23?/m0/s1. The maximum Gasteiger partial charge on any atom is 0.289 e. The van der Waals surface area contributed by atoms with E-state index in [2.05, 4.69) is 60.4 Å². The molecule has 3 aromatic rings. The van der Waals surface area contributed by atoms with Crippen LogP contribution in [0.1, 0.15) is 31.0 Å². The fraction of sp³-hybridized carbons (Fsp3) is 0.522. The fourth-order valence-corrected chi connectivity index (χ4v) is 6.19. The van der Waals surface area contributed by atoms with Gasteiger partial charge in [-0.1, -0.05) is 39.8 Å². The first-order valence-corrected chi connectivity index (χ1v) is 12.9. The molecule has 0 radical (unpaired) electrons. The molecular formula is C23H27BrF2N6S. The van der Waals surface area contributed by atoms with Crippen LogP contribution in [0.2, 0.25) is 0 Å². The number of hydrogen-bond donors (Lipinski definition) is 0. The average molecular weight is 537 g/mol. The lowest BCUT2D eigenvalue weighted by Crippen LogP contribution is -2.27. The lowest BCUT2D eigenvalue weighted by molar-refractivity contribution is 0.0127. The summed E-state index contributed by atoms with van der Waals surface area (Å²) in [5.74, 6) is -0.946. The molecule has 3 heterocycles. The molecular weight excluding hydrogens is 510 g/mol. The highest BCUT2D eigenvalue weighted by atomic mass is 79.9. The van der Waals surface area contributed by atoms with Crippen LogP contribution in [0.4, 0.5) is 8.78 Å². The second kappa shape index (κ2) is 8.46. The summed E-state index contributed by atoms with van der Waals surface area (Å²) < 4.78 is 32.3. The summed E-state index contributed by atoms with van der Waals surface area (Å²) in [5.41, 5.74) is 1.87. The van der Waals surface area contributed by atoms with Crippen LogP contribution in [0.15, 0.2) is 40.1 Å². The Morgan fingerprint density at radius 1 is 1.21 bits per heavy atom. The molecule has 5 rings (SSSR count). The summed E-state index contributed by atoms with van der Waals surface area (Å²) in [4.78, 5) is 2.57. The van der Waals surface area contributed by atoms with Crippen molar-refractivity contribution in [2.45, 2.75) is 36.3 Å². The summed E-state index contributed by atoms with van der Waals surface area (Å²) in [7, 11) is 3.45. The van der Waals surface area contributed by atoms with Gasteiger partial charge < -0.3 is 9.47 Å². The van der Waals surface area contributed by atoms with Crippen molar-refractivity contribution in [1.29, 1.82) is 0 Å². The molecule has 1 aromatic carbocycles. The molecule has 2 aliphatic rings. The zero-order chi connectivity index (χ0) is 23.4. The SMILES string of the molecule is Cn1cc(-c2nnc(SCCCN3C[C@@H]4CC4(c4ccc(Br)cc4)C3)n2C)c(C(C)(F)F)n1. The van der Waals surface area contributed by atoms with E-state index in [1.807, 2.05) is 7.05 Å². The maximum absolute atomic E-state index is 14.0. The van der Waals surface area contributed by atoms with E-state index in [4.69, 9.17) is 0 Å². The topological polar surface area (TPSA) is 51.8 Å². The van der Waals surface area contributed by atoms with E-state index in [1.54, 1.807) is 29.6 Å². The monoisotopic (exact) mass is 536 g/mol. The summed E-state index contributed by atoms with van der Waals surface area (Å²) in [5, 5.41) is 13.1. The lowest BCUT2D eigenvalue weighted by atomic mass is 9.95. The van der Waals surface area contributed by atoms with Gasteiger partial charge in [-0.05, 0) is 43.0 Å². The van der Waals surface area contributed by atoms with E-state index in [9.17, 15) is 8.78 Å². The van der Waals surface area contributed by atoms with Gasteiger partial charge in [-0.2, -0.15) is 13.9 Å². The highest BCUT2D eigenvalue weighted by Crippen LogP contribution is 2.59. The van der Waals surface area contributed by atoms with Crippen LogP contribution < -0.4 is 0 Å². The number of halogens is 3. The van der Waals surface area contributed by atoms with Gasteiger partial charge in [-0.15, -0.1) is 10.2 Å². The van der Waals surface area contributed by atoms with Gasteiger partial charge in [0.1, 0.15) is 5.69 Å². The van der Waals surface area contributed by atoms with E-state index in [0.717, 1.165) is 47.7 Å². The molecule has 0 bridgehead atoms. The van der Waals surface area contributed by atoms with E-state index in [0.29, 0.717) is 16.8 Å². The van der Waals surface area contributed by atoms with Gasteiger partial charge in [-0.25, -0.2) is 0 Å². The van der Waals surface area contributed by atoms with Crippen LogP contribution in [-0.4, -0.2) is 54.8 Å². The second-order valence-electron chi connectivity index (χ2n) is 9.32. The largest absolute Gasteiger partial charge is 0.305 e. The number of fused-ring (bicyclic) bond motifs is 1. The fourth-order valence-electron chi connectivity index (χ4n) is 5.09. The van der Waals surface area contributed by atoms with Crippen molar-refractivity contribution in [2.24, 2.45) is 20.0 Å². The molecule has 0 N–H and O–H groups in total. The number of piperidine rings is 1. The summed E-state index contributed by atoms with van der Waals surface area (Å²) in [6.07, 6.45) is 3.92. The number of nitrogens with zero attached hydrogens (tertiary/aromatic N) is 6. The third-order valence-corrected chi connectivity index (χ3v) is 8.44. The Bertz CT molecular complexity index is 1150. The number of aryl methyl sites for hydroxylation is 1. The van der Waals surface area contributed by atoms with Gasteiger partial charge in [0.25, 0.3) is 5.92 Å². The first-order valence-electron chi connectivity index (χ1n) is 11.1. The Kier molecular flexibility index (Phi) is 5.89. The number of aromatic nitrogens is 5. The second-order valence-corrected chi connectivity index (χ2v) is 11.3. The minimum Gasteiger partial charge on any atom is -0.305 e. The van der Waals surface area contributed by atoms with Crippen LogP contribution in [0.3, 0.4) is 0 Å². The zero-order valence-corrected chi connectivity index (χ0v) is 21.3. The van der Waals surface area contributed by atoms with Crippen LogP contribution in [0.5, 0.6) is 0 Å². The van der Waals surface area contributed by atoms with Crippen molar-refractivity contribution < 1.29 is 8.78 Å². The third kappa shape index (κ3) is 4.37. The Balaban J connectivity index is 1.16. The van der Waals surface area contributed by atoms with Crippen LogP contribution in [-0.2, 0) is 25.4 Å². The van der Waals surface area contributed by atoms with Crippen molar-refractivity contribution in [2.75, 3.05) is 25.4 Å². The van der Waals surface area contributed by atoms with Gasteiger partial charge >= 0.3 is 0 Å². The molecule has 0 amide bonds. The molecule has 176 valence electrons. The van der Waals surface area contributed by atoms with Crippen molar-refractivity contribution >= 4 is 27.7 Å². The van der Waals surface area contributed by atoms with Crippen molar-refractivity contribution in [3.8, 4) is 11.4 Å². The maximum atomic E-state index is 14.0. The number of likely N-dealkylation sites (tertiary alicyclic amines) is 1. The highest BCUT2D eigenvalue weighted by molar-refractivity contribution is 9.10. The van der Waals surface area contributed by atoms with Gasteiger partial charge in [0, 0.05) is 55.9 Å². The van der Waals surface area contributed by atoms with Gasteiger partial charge in [0.15, 0.2) is 11.0 Å². The number of hydrogen-bond acceptors (Lipinski definition) is 5. The highest BCUT2D eigenvalue weighted by Gasteiger charge is 2.60. The summed E-state index contributed by atoms with van der Waals surface area (Å²) >= 11 is 5.15. The average Bonchev–Trinajstić information content (AvgIpc) is 3.06. The number of thioether (sulfide) groups is 1. The summed E-state index contributed by atoms with van der Waals surface area (Å²) in [6, 6.07) is 8.81. The molecule has 2 atom stereocenters. The van der Waals surface area contributed by atoms with Gasteiger partial charge in [-0.3, -0.25) is 4.68 Å². The Hall–Kier alpha value is -1.78. The van der Waals surface area contributed by atoms with Crippen LogP contribution in [0, 0.1) is 5.92 Å². The van der Waals surface area contributed by atoms with E-state index < -0.39 is 5.92 Å². The molecule has 1 aliphatic heterocycles. The minimum atomic E-state index is -3.04. The quantitative estimate of drug-likeness (QED) is 0.304. The molecule has 2 fully saturated rings. The van der Waals surface area contributed by atoms with E-state index >= 15 is 0 Å². The molecule has 1 saturated heterocycles. The molecule has 1 aliphatic carbocycles. The predicted molar refractivity (Wildman–Crippen MR) is 128 cm³/mol. The smallest absolute Gasteiger partial charge is 0.289 e. The Morgan fingerprint density at radius 3 is 2.70 bits per heavy atom. The zero-order valence-electron chi connectivity index (χ0n) is 18.9. The van der Waals surface area contributed by atoms with Crippen molar-refractivity contribution in [1.82, 2.24) is 29.4 Å². The normalized spacial score (nSPS) is 22.7. The Labute approximate surface area is 204 Å². The van der Waals surface area contributed by atoms with Gasteiger partial charge in [0.05, 0.1) is 5.56 Å².